The number of allylic oxidation sites excluding steroid dienone is 1. The largest absolute Gasteiger partial charge is 0.295 e. The Morgan fingerprint density at radius 3 is 2.67 bits per heavy atom. The Labute approximate surface area is 90.8 Å². The highest BCUT2D eigenvalue weighted by Crippen LogP contribution is 2.48. The van der Waals surface area contributed by atoms with E-state index in [-0.39, 0.29) is 5.78 Å². The van der Waals surface area contributed by atoms with Crippen molar-refractivity contribution in [2.45, 2.75) is 26.2 Å². The third-order valence-electron chi connectivity index (χ3n) is 3.00. The van der Waals surface area contributed by atoms with Gasteiger partial charge in [-0.2, -0.15) is 0 Å². The molecule has 2 atom stereocenters. The molecule has 0 aromatic heterocycles. The van der Waals surface area contributed by atoms with Crippen LogP contribution in [0.25, 0.3) is 6.08 Å². The molecule has 0 N–H and O–H groups in total. The first kappa shape index (κ1) is 10.2. The molecule has 1 heteroatoms. The standard InChI is InChI=1S/C14H16O/c1-10-9-14(10)13-6-4-3-5-12(13)8-7-11(2)15/h3-8,10,14H,9H2,1-2H3/b8-7+. The maximum absolute atomic E-state index is 10.9. The van der Waals surface area contributed by atoms with Crippen LogP contribution in [0.15, 0.2) is 30.3 Å². The lowest BCUT2D eigenvalue weighted by atomic mass is 10.0. The Hall–Kier alpha value is -1.37. The Kier molecular flexibility index (Phi) is 2.72. The molecular formula is C14H16O. The summed E-state index contributed by atoms with van der Waals surface area (Å²) in [5.74, 6) is 1.61. The van der Waals surface area contributed by atoms with E-state index in [0.29, 0.717) is 5.92 Å². The molecule has 1 aromatic carbocycles. The van der Waals surface area contributed by atoms with Gasteiger partial charge in [0.05, 0.1) is 0 Å². The Morgan fingerprint density at radius 2 is 2.07 bits per heavy atom. The van der Waals surface area contributed by atoms with Gasteiger partial charge in [-0.1, -0.05) is 37.3 Å². The van der Waals surface area contributed by atoms with Crippen molar-refractivity contribution in [1.82, 2.24) is 0 Å². The van der Waals surface area contributed by atoms with E-state index in [1.807, 2.05) is 12.1 Å². The number of carbonyl (C=O) groups is 1. The predicted octanol–water partition coefficient (Wildman–Crippen LogP) is 3.41. The second-order valence-electron chi connectivity index (χ2n) is 4.39. The summed E-state index contributed by atoms with van der Waals surface area (Å²) in [4.78, 5) is 10.9. The molecule has 2 unspecified atom stereocenters. The lowest BCUT2D eigenvalue weighted by Gasteiger charge is -2.03. The fourth-order valence-electron chi connectivity index (χ4n) is 1.96. The van der Waals surface area contributed by atoms with Crippen LogP contribution in [0.5, 0.6) is 0 Å². The topological polar surface area (TPSA) is 17.1 Å². The molecule has 0 radical (unpaired) electrons. The summed E-state index contributed by atoms with van der Waals surface area (Å²) in [5.41, 5.74) is 2.59. The molecular weight excluding hydrogens is 184 g/mol. The predicted molar refractivity (Wildman–Crippen MR) is 62.7 cm³/mol. The van der Waals surface area contributed by atoms with Gasteiger partial charge in [-0.3, -0.25) is 4.79 Å². The molecule has 2 rings (SSSR count). The molecule has 1 fully saturated rings. The van der Waals surface area contributed by atoms with Crippen molar-refractivity contribution in [3.63, 3.8) is 0 Å². The van der Waals surface area contributed by atoms with Crippen LogP contribution in [-0.4, -0.2) is 5.78 Å². The number of hydrogen-bond donors (Lipinski definition) is 0. The Bertz CT molecular complexity index is 404. The molecule has 1 saturated carbocycles. The van der Waals surface area contributed by atoms with Crippen LogP contribution in [0.1, 0.15) is 37.3 Å². The number of ketones is 1. The van der Waals surface area contributed by atoms with Gasteiger partial charge in [0.15, 0.2) is 5.78 Å². The van der Waals surface area contributed by atoms with Crippen LogP contribution in [0.3, 0.4) is 0 Å². The van der Waals surface area contributed by atoms with Crippen LogP contribution in [0.2, 0.25) is 0 Å². The summed E-state index contributed by atoms with van der Waals surface area (Å²) < 4.78 is 0. The maximum atomic E-state index is 10.9. The first-order valence-electron chi connectivity index (χ1n) is 5.46. The highest BCUT2D eigenvalue weighted by Gasteiger charge is 2.34. The van der Waals surface area contributed by atoms with Gasteiger partial charge in [-0.15, -0.1) is 0 Å². The third kappa shape index (κ3) is 2.35. The fourth-order valence-corrected chi connectivity index (χ4v) is 1.96. The molecule has 0 aliphatic heterocycles. The minimum absolute atomic E-state index is 0.105. The quantitative estimate of drug-likeness (QED) is 0.683. The number of benzene rings is 1. The van der Waals surface area contributed by atoms with Gasteiger partial charge in [0.2, 0.25) is 0 Å². The first-order valence-corrected chi connectivity index (χ1v) is 5.46. The van der Waals surface area contributed by atoms with Crippen molar-refractivity contribution in [2.24, 2.45) is 5.92 Å². The molecule has 1 nitrogen and oxygen atoms in total. The number of hydrogen-bond acceptors (Lipinski definition) is 1. The van der Waals surface area contributed by atoms with Crippen molar-refractivity contribution in [3.8, 4) is 0 Å². The minimum atomic E-state index is 0.105. The average molecular weight is 200 g/mol. The van der Waals surface area contributed by atoms with Crippen molar-refractivity contribution in [1.29, 1.82) is 0 Å². The average Bonchev–Trinajstić information content (AvgIpc) is 2.93. The van der Waals surface area contributed by atoms with Crippen molar-refractivity contribution in [2.75, 3.05) is 0 Å². The molecule has 1 aromatic rings. The molecule has 15 heavy (non-hydrogen) atoms. The number of rotatable bonds is 3. The van der Waals surface area contributed by atoms with Gasteiger partial charge in [-0.05, 0) is 42.4 Å². The second-order valence-corrected chi connectivity index (χ2v) is 4.39. The molecule has 0 saturated heterocycles. The zero-order valence-electron chi connectivity index (χ0n) is 9.23. The Morgan fingerprint density at radius 1 is 1.40 bits per heavy atom. The fraction of sp³-hybridized carbons (Fsp3) is 0.357. The molecule has 0 bridgehead atoms. The summed E-state index contributed by atoms with van der Waals surface area (Å²) in [6.45, 7) is 3.86. The summed E-state index contributed by atoms with van der Waals surface area (Å²) in [6.07, 6.45) is 4.86. The zero-order chi connectivity index (χ0) is 10.8. The monoisotopic (exact) mass is 200 g/mol. The SMILES string of the molecule is CC(=O)/C=C/c1ccccc1C1CC1C. The first-order chi connectivity index (χ1) is 7.18. The summed E-state index contributed by atoms with van der Waals surface area (Å²) >= 11 is 0. The zero-order valence-corrected chi connectivity index (χ0v) is 9.23. The molecule has 78 valence electrons. The smallest absolute Gasteiger partial charge is 0.152 e. The molecule has 1 aliphatic rings. The van der Waals surface area contributed by atoms with Crippen LogP contribution in [-0.2, 0) is 4.79 Å². The maximum Gasteiger partial charge on any atom is 0.152 e. The summed E-state index contributed by atoms with van der Waals surface area (Å²) in [6, 6.07) is 8.36. The van der Waals surface area contributed by atoms with Gasteiger partial charge in [0.25, 0.3) is 0 Å². The lowest BCUT2D eigenvalue weighted by molar-refractivity contribution is -0.112. The summed E-state index contributed by atoms with van der Waals surface area (Å²) in [5, 5.41) is 0. The van der Waals surface area contributed by atoms with E-state index in [0.717, 1.165) is 5.92 Å². The molecule has 1 aliphatic carbocycles. The van der Waals surface area contributed by atoms with Gasteiger partial charge in [0, 0.05) is 0 Å². The van der Waals surface area contributed by atoms with Gasteiger partial charge in [-0.25, -0.2) is 0 Å². The molecule has 0 spiro atoms. The lowest BCUT2D eigenvalue weighted by Crippen LogP contribution is -1.87. The van der Waals surface area contributed by atoms with Crippen LogP contribution < -0.4 is 0 Å². The summed E-state index contributed by atoms with van der Waals surface area (Å²) in [7, 11) is 0. The second kappa shape index (κ2) is 4.01. The normalized spacial score (nSPS) is 24.4. The van der Waals surface area contributed by atoms with E-state index in [9.17, 15) is 4.79 Å². The van der Waals surface area contributed by atoms with Gasteiger partial charge >= 0.3 is 0 Å². The van der Waals surface area contributed by atoms with E-state index >= 15 is 0 Å². The van der Waals surface area contributed by atoms with E-state index in [1.54, 1.807) is 13.0 Å². The van der Waals surface area contributed by atoms with E-state index in [2.05, 4.69) is 25.1 Å². The highest BCUT2D eigenvalue weighted by molar-refractivity contribution is 5.91. The Balaban J connectivity index is 2.26. The van der Waals surface area contributed by atoms with E-state index < -0.39 is 0 Å². The van der Waals surface area contributed by atoms with Crippen molar-refractivity contribution >= 4 is 11.9 Å². The molecule has 0 amide bonds. The van der Waals surface area contributed by atoms with Crippen LogP contribution in [0, 0.1) is 5.92 Å². The van der Waals surface area contributed by atoms with E-state index in [1.165, 1.54) is 17.5 Å². The van der Waals surface area contributed by atoms with Gasteiger partial charge < -0.3 is 0 Å². The third-order valence-corrected chi connectivity index (χ3v) is 3.00. The minimum Gasteiger partial charge on any atom is -0.295 e. The van der Waals surface area contributed by atoms with Crippen molar-refractivity contribution in [3.05, 3.63) is 41.5 Å². The molecule has 0 heterocycles. The van der Waals surface area contributed by atoms with Crippen molar-refractivity contribution < 1.29 is 4.79 Å². The highest BCUT2D eigenvalue weighted by atomic mass is 16.1. The van der Waals surface area contributed by atoms with Gasteiger partial charge in [0.1, 0.15) is 0 Å². The van der Waals surface area contributed by atoms with Crippen LogP contribution in [0.4, 0.5) is 0 Å². The van der Waals surface area contributed by atoms with Crippen LogP contribution >= 0.6 is 0 Å². The van der Waals surface area contributed by atoms with E-state index in [4.69, 9.17) is 0 Å². The number of carbonyl (C=O) groups excluding carboxylic acids is 1.